The third-order valence-corrected chi connectivity index (χ3v) is 6.36. The van der Waals surface area contributed by atoms with Crippen LogP contribution in [0.1, 0.15) is 51.8 Å². The van der Waals surface area contributed by atoms with E-state index in [0.717, 1.165) is 42.5 Å². The summed E-state index contributed by atoms with van der Waals surface area (Å²) in [5.74, 6) is 1.12. The molecule has 0 N–H and O–H groups in total. The van der Waals surface area contributed by atoms with E-state index in [9.17, 15) is 18.0 Å². The molecule has 1 fully saturated rings. The number of amides is 1. The minimum absolute atomic E-state index is 0.0546. The number of aromatic nitrogens is 2. The number of imidazole rings is 1. The fraction of sp³-hybridized carbons (Fsp3) is 0.391. The van der Waals surface area contributed by atoms with Crippen molar-refractivity contribution in [2.45, 2.75) is 38.5 Å². The topological polar surface area (TPSA) is 47.4 Å². The Kier molecular flexibility index (Phi) is 4.50. The fourth-order valence-corrected chi connectivity index (χ4v) is 4.44. The molecule has 0 saturated carbocycles. The van der Waals surface area contributed by atoms with Crippen LogP contribution in [-0.2, 0) is 19.6 Å². The lowest BCUT2D eigenvalue weighted by Crippen LogP contribution is -2.42. The van der Waals surface area contributed by atoms with Crippen LogP contribution in [0.2, 0.25) is 0 Å². The number of benzene rings is 2. The van der Waals surface area contributed by atoms with Crippen LogP contribution >= 0.6 is 0 Å². The third kappa shape index (κ3) is 3.16. The SMILES string of the molecule is Cc1nc2c3c(c(C(=O)N4CCC4)cc2n1C)CC[C@@H](c1ccccc1C(F)(F)F)O3. The van der Waals surface area contributed by atoms with Gasteiger partial charge in [-0.1, -0.05) is 18.2 Å². The molecule has 162 valence electrons. The summed E-state index contributed by atoms with van der Waals surface area (Å²) in [6.07, 6.45) is -3.44. The van der Waals surface area contributed by atoms with Crippen molar-refractivity contribution in [2.24, 2.45) is 7.05 Å². The third-order valence-electron chi connectivity index (χ3n) is 6.36. The first kappa shape index (κ1) is 19.9. The monoisotopic (exact) mass is 429 g/mol. The van der Waals surface area contributed by atoms with Gasteiger partial charge in [0.25, 0.3) is 5.91 Å². The van der Waals surface area contributed by atoms with Crippen molar-refractivity contribution in [1.29, 1.82) is 0 Å². The van der Waals surface area contributed by atoms with Crippen molar-refractivity contribution < 1.29 is 22.7 Å². The highest BCUT2D eigenvalue weighted by atomic mass is 19.4. The maximum absolute atomic E-state index is 13.6. The van der Waals surface area contributed by atoms with E-state index in [1.165, 1.54) is 12.1 Å². The quantitative estimate of drug-likeness (QED) is 0.587. The summed E-state index contributed by atoms with van der Waals surface area (Å²) in [6, 6.07) is 7.37. The van der Waals surface area contributed by atoms with Crippen molar-refractivity contribution in [1.82, 2.24) is 14.5 Å². The van der Waals surface area contributed by atoms with Crippen molar-refractivity contribution in [2.75, 3.05) is 13.1 Å². The summed E-state index contributed by atoms with van der Waals surface area (Å²) in [5.41, 5.74) is 2.05. The molecule has 8 heteroatoms. The van der Waals surface area contributed by atoms with Crippen LogP contribution in [0, 0.1) is 6.92 Å². The lowest BCUT2D eigenvalue weighted by Gasteiger charge is -2.34. The number of alkyl halides is 3. The maximum atomic E-state index is 13.6. The van der Waals surface area contributed by atoms with E-state index in [2.05, 4.69) is 4.98 Å². The second-order valence-corrected chi connectivity index (χ2v) is 8.19. The number of likely N-dealkylation sites (tertiary alicyclic amines) is 1. The van der Waals surface area contributed by atoms with Crippen LogP contribution in [0.25, 0.3) is 11.0 Å². The number of hydrogen-bond acceptors (Lipinski definition) is 3. The van der Waals surface area contributed by atoms with Gasteiger partial charge in [-0.3, -0.25) is 4.79 Å². The Hall–Kier alpha value is -3.03. The molecule has 3 heterocycles. The van der Waals surface area contributed by atoms with E-state index in [1.807, 2.05) is 24.6 Å². The fourth-order valence-electron chi connectivity index (χ4n) is 4.44. The van der Waals surface area contributed by atoms with E-state index in [-0.39, 0.29) is 11.5 Å². The summed E-state index contributed by atoms with van der Waals surface area (Å²) in [7, 11) is 1.86. The van der Waals surface area contributed by atoms with Crippen molar-refractivity contribution in [3.8, 4) is 5.75 Å². The van der Waals surface area contributed by atoms with Gasteiger partial charge in [0.15, 0.2) is 5.75 Å². The summed E-state index contributed by atoms with van der Waals surface area (Å²) < 4.78 is 48.9. The Balaban J connectivity index is 1.64. The van der Waals surface area contributed by atoms with Gasteiger partial charge in [0.1, 0.15) is 17.4 Å². The van der Waals surface area contributed by atoms with E-state index in [1.54, 1.807) is 11.0 Å². The molecule has 0 unspecified atom stereocenters. The minimum Gasteiger partial charge on any atom is -0.483 e. The largest absolute Gasteiger partial charge is 0.483 e. The molecule has 31 heavy (non-hydrogen) atoms. The Morgan fingerprint density at radius 2 is 1.97 bits per heavy atom. The van der Waals surface area contributed by atoms with Crippen LogP contribution in [0.4, 0.5) is 13.2 Å². The van der Waals surface area contributed by atoms with Gasteiger partial charge in [0, 0.05) is 36.8 Å². The molecule has 0 spiro atoms. The zero-order valence-electron chi connectivity index (χ0n) is 17.3. The minimum atomic E-state index is -4.47. The van der Waals surface area contributed by atoms with Crippen molar-refractivity contribution in [3.63, 3.8) is 0 Å². The van der Waals surface area contributed by atoms with Crippen LogP contribution in [0.15, 0.2) is 30.3 Å². The Morgan fingerprint density at radius 1 is 1.23 bits per heavy atom. The highest BCUT2D eigenvalue weighted by molar-refractivity contribution is 6.02. The number of fused-ring (bicyclic) bond motifs is 3. The number of nitrogens with zero attached hydrogens (tertiary/aromatic N) is 3. The molecular formula is C23H22F3N3O2. The average molecular weight is 429 g/mol. The summed E-state index contributed by atoms with van der Waals surface area (Å²) in [4.78, 5) is 19.5. The molecular weight excluding hydrogens is 407 g/mol. The zero-order chi connectivity index (χ0) is 21.9. The number of ether oxygens (including phenoxy) is 1. The zero-order valence-corrected chi connectivity index (χ0v) is 17.3. The molecule has 1 saturated heterocycles. The van der Waals surface area contributed by atoms with Crippen LogP contribution in [0.5, 0.6) is 5.75 Å². The molecule has 1 aromatic heterocycles. The van der Waals surface area contributed by atoms with Gasteiger partial charge in [0.05, 0.1) is 11.1 Å². The van der Waals surface area contributed by atoms with Gasteiger partial charge in [-0.05, 0) is 38.3 Å². The summed E-state index contributed by atoms with van der Waals surface area (Å²) in [6.45, 7) is 3.29. The van der Waals surface area contributed by atoms with Gasteiger partial charge in [-0.15, -0.1) is 0 Å². The Labute approximate surface area is 177 Å². The highest BCUT2D eigenvalue weighted by Crippen LogP contribution is 2.44. The van der Waals surface area contributed by atoms with Gasteiger partial charge >= 0.3 is 6.18 Å². The van der Waals surface area contributed by atoms with Crippen LogP contribution < -0.4 is 4.74 Å². The van der Waals surface area contributed by atoms with Crippen molar-refractivity contribution >= 4 is 16.9 Å². The smallest absolute Gasteiger partial charge is 0.416 e. The predicted molar refractivity (Wildman–Crippen MR) is 109 cm³/mol. The highest BCUT2D eigenvalue weighted by Gasteiger charge is 2.38. The van der Waals surface area contributed by atoms with Gasteiger partial charge < -0.3 is 14.2 Å². The maximum Gasteiger partial charge on any atom is 0.416 e. The first-order valence-electron chi connectivity index (χ1n) is 10.4. The average Bonchev–Trinajstić information content (AvgIpc) is 2.99. The molecule has 2 aliphatic heterocycles. The second kappa shape index (κ2) is 7.00. The summed E-state index contributed by atoms with van der Waals surface area (Å²) >= 11 is 0. The molecule has 0 radical (unpaired) electrons. The van der Waals surface area contributed by atoms with Crippen molar-refractivity contribution in [3.05, 3.63) is 58.4 Å². The molecule has 0 aliphatic carbocycles. The van der Waals surface area contributed by atoms with Gasteiger partial charge in [-0.2, -0.15) is 13.2 Å². The summed E-state index contributed by atoms with van der Waals surface area (Å²) in [5, 5.41) is 0. The van der Waals surface area contributed by atoms with E-state index < -0.39 is 17.8 Å². The number of hydrogen-bond donors (Lipinski definition) is 0. The Morgan fingerprint density at radius 3 is 2.65 bits per heavy atom. The Bertz CT molecular complexity index is 1190. The molecule has 3 aromatic rings. The van der Waals surface area contributed by atoms with E-state index in [0.29, 0.717) is 29.7 Å². The van der Waals surface area contributed by atoms with Crippen LogP contribution in [0.3, 0.4) is 0 Å². The number of aryl methyl sites for hydroxylation is 2. The number of halogens is 3. The van der Waals surface area contributed by atoms with Gasteiger partial charge in [0.2, 0.25) is 0 Å². The second-order valence-electron chi connectivity index (χ2n) is 8.19. The number of carbonyl (C=O) groups excluding carboxylic acids is 1. The molecule has 5 nitrogen and oxygen atoms in total. The van der Waals surface area contributed by atoms with E-state index in [4.69, 9.17) is 4.74 Å². The lowest BCUT2D eigenvalue weighted by molar-refractivity contribution is -0.139. The number of rotatable bonds is 2. The van der Waals surface area contributed by atoms with Gasteiger partial charge in [-0.25, -0.2) is 4.98 Å². The standard InChI is InChI=1S/C23H22F3N3O2/c1-13-27-20-18(28(13)2)12-16(22(30)29-10-5-11-29)14-8-9-19(31-21(14)20)15-6-3-4-7-17(15)23(24,25)26/h3-4,6-7,12,19H,5,8-11H2,1-2H3/t19-/m0/s1. The first-order valence-corrected chi connectivity index (χ1v) is 10.4. The van der Waals surface area contributed by atoms with E-state index >= 15 is 0 Å². The number of carbonyl (C=O) groups is 1. The molecule has 0 bridgehead atoms. The molecule has 1 amide bonds. The molecule has 2 aromatic carbocycles. The molecule has 5 rings (SSSR count). The normalized spacial score (nSPS) is 18.5. The lowest BCUT2D eigenvalue weighted by atomic mass is 9.90. The molecule has 1 atom stereocenters. The first-order chi connectivity index (χ1) is 14.8. The molecule has 2 aliphatic rings. The predicted octanol–water partition coefficient (Wildman–Crippen LogP) is 4.81. The van der Waals surface area contributed by atoms with Crippen LogP contribution in [-0.4, -0.2) is 33.4 Å².